The minimum Gasteiger partial charge on any atom is -0.480 e. The maximum absolute atomic E-state index is 12.4. The van der Waals surface area contributed by atoms with Crippen molar-refractivity contribution in [1.29, 1.82) is 0 Å². The van der Waals surface area contributed by atoms with Gasteiger partial charge in [-0.1, -0.05) is 18.2 Å². The lowest BCUT2D eigenvalue weighted by atomic mass is 9.99. The molecule has 0 aromatic heterocycles. The van der Waals surface area contributed by atoms with Crippen LogP contribution in [0.4, 0.5) is 13.2 Å². The zero-order valence-electron chi connectivity index (χ0n) is 11.5. The van der Waals surface area contributed by atoms with Crippen molar-refractivity contribution in [3.63, 3.8) is 0 Å². The van der Waals surface area contributed by atoms with E-state index < -0.39 is 17.9 Å². The molecule has 7 heteroatoms. The van der Waals surface area contributed by atoms with Gasteiger partial charge in [0.2, 0.25) is 0 Å². The molecule has 0 aliphatic carbocycles. The Balaban J connectivity index is 2.22. The number of hydrogen-bond donors (Lipinski definition) is 1. The summed E-state index contributed by atoms with van der Waals surface area (Å²) >= 11 is 0. The fourth-order valence-electron chi connectivity index (χ4n) is 2.58. The van der Waals surface area contributed by atoms with Gasteiger partial charge in [0.15, 0.2) is 0 Å². The Morgan fingerprint density at radius 1 is 1.43 bits per heavy atom. The molecule has 1 saturated heterocycles. The number of carboxylic acids is 1. The molecule has 1 heterocycles. The summed E-state index contributed by atoms with van der Waals surface area (Å²) in [6.07, 6.45) is -3.59. The zero-order valence-corrected chi connectivity index (χ0v) is 11.5. The highest BCUT2D eigenvalue weighted by Gasteiger charge is 2.43. The number of hydrogen-bond acceptors (Lipinski definition) is 3. The molecule has 0 amide bonds. The number of likely N-dealkylation sites (tertiary alicyclic amines) is 1. The van der Waals surface area contributed by atoms with Gasteiger partial charge in [-0.15, -0.1) is 13.2 Å². The summed E-state index contributed by atoms with van der Waals surface area (Å²) in [7, 11) is 0. The van der Waals surface area contributed by atoms with E-state index >= 15 is 0 Å². The highest BCUT2D eigenvalue weighted by molar-refractivity contribution is 5.78. The third-order valence-corrected chi connectivity index (χ3v) is 3.81. The van der Waals surface area contributed by atoms with Gasteiger partial charge in [0.25, 0.3) is 0 Å². The molecule has 116 valence electrons. The number of rotatable bonds is 4. The van der Waals surface area contributed by atoms with Gasteiger partial charge in [-0.3, -0.25) is 9.69 Å². The molecule has 1 aliphatic heterocycles. The standard InChI is InChI=1S/C14H16F3NO3/c1-13(12(19)20)7-4-8-18(13)9-10-5-2-3-6-11(10)21-14(15,16)17/h2-3,5-6H,4,7-9H2,1H3,(H,19,20). The summed E-state index contributed by atoms with van der Waals surface area (Å²) in [6.45, 7) is 2.23. The third kappa shape index (κ3) is 3.47. The topological polar surface area (TPSA) is 49.8 Å². The number of aliphatic carboxylic acids is 1. The highest BCUT2D eigenvalue weighted by atomic mass is 19.4. The van der Waals surface area contributed by atoms with Gasteiger partial charge in [0.1, 0.15) is 11.3 Å². The predicted molar refractivity (Wildman–Crippen MR) is 68.8 cm³/mol. The number of carbonyl (C=O) groups is 1. The van der Waals surface area contributed by atoms with Gasteiger partial charge in [-0.25, -0.2) is 0 Å². The number of carboxylic acid groups (broad SMARTS) is 1. The van der Waals surface area contributed by atoms with Crippen molar-refractivity contribution < 1.29 is 27.8 Å². The molecule has 0 saturated carbocycles. The third-order valence-electron chi connectivity index (χ3n) is 3.81. The van der Waals surface area contributed by atoms with Gasteiger partial charge in [-0.05, 0) is 32.4 Å². The van der Waals surface area contributed by atoms with Crippen LogP contribution in [-0.4, -0.2) is 34.4 Å². The molecule has 1 fully saturated rings. The Kier molecular flexibility index (Phi) is 4.13. The summed E-state index contributed by atoms with van der Waals surface area (Å²) < 4.78 is 41.2. The number of ether oxygens (including phenoxy) is 1. The Hall–Kier alpha value is -1.76. The quantitative estimate of drug-likeness (QED) is 0.929. The summed E-state index contributed by atoms with van der Waals surface area (Å²) in [5, 5.41) is 9.32. The van der Waals surface area contributed by atoms with Crippen LogP contribution in [0.5, 0.6) is 5.75 Å². The first kappa shape index (κ1) is 15.6. The fourth-order valence-corrected chi connectivity index (χ4v) is 2.58. The molecule has 21 heavy (non-hydrogen) atoms. The van der Waals surface area contributed by atoms with Crippen molar-refractivity contribution in [2.75, 3.05) is 6.54 Å². The molecular weight excluding hydrogens is 287 g/mol. The van der Waals surface area contributed by atoms with Gasteiger partial charge in [0, 0.05) is 12.1 Å². The second-order valence-electron chi connectivity index (χ2n) is 5.26. The fraction of sp³-hybridized carbons (Fsp3) is 0.500. The van der Waals surface area contributed by atoms with Crippen LogP contribution in [0.15, 0.2) is 24.3 Å². The van der Waals surface area contributed by atoms with Crippen LogP contribution in [0.25, 0.3) is 0 Å². The van der Waals surface area contributed by atoms with E-state index in [1.54, 1.807) is 17.9 Å². The predicted octanol–water partition coefficient (Wildman–Crippen LogP) is 3.02. The molecule has 0 bridgehead atoms. The molecule has 1 N–H and O–H groups in total. The minimum absolute atomic E-state index is 0.106. The Bertz CT molecular complexity index is 532. The number of halogens is 3. The summed E-state index contributed by atoms with van der Waals surface area (Å²) in [4.78, 5) is 13.1. The molecule has 0 radical (unpaired) electrons. The lowest BCUT2D eigenvalue weighted by Gasteiger charge is -2.31. The smallest absolute Gasteiger partial charge is 0.480 e. The van der Waals surface area contributed by atoms with Crippen LogP contribution in [0.2, 0.25) is 0 Å². The van der Waals surface area contributed by atoms with E-state index in [9.17, 15) is 23.1 Å². The van der Waals surface area contributed by atoms with E-state index in [2.05, 4.69) is 4.74 Å². The van der Waals surface area contributed by atoms with E-state index in [0.717, 1.165) is 0 Å². The first-order valence-electron chi connectivity index (χ1n) is 6.54. The molecule has 1 aliphatic rings. The molecule has 1 atom stereocenters. The second-order valence-corrected chi connectivity index (χ2v) is 5.26. The monoisotopic (exact) mass is 303 g/mol. The molecule has 1 aromatic carbocycles. The van der Waals surface area contributed by atoms with Gasteiger partial charge in [0.05, 0.1) is 0 Å². The van der Waals surface area contributed by atoms with Crippen molar-refractivity contribution >= 4 is 5.97 Å². The lowest BCUT2D eigenvalue weighted by Crippen LogP contribution is -2.47. The minimum atomic E-state index is -4.77. The summed E-state index contributed by atoms with van der Waals surface area (Å²) in [6, 6.07) is 5.80. The van der Waals surface area contributed by atoms with Crippen LogP contribution in [0, 0.1) is 0 Å². The van der Waals surface area contributed by atoms with Crippen molar-refractivity contribution in [2.45, 2.75) is 38.2 Å². The molecule has 4 nitrogen and oxygen atoms in total. The van der Waals surface area contributed by atoms with Gasteiger partial charge < -0.3 is 9.84 Å². The molecular formula is C14H16F3NO3. The normalized spacial score (nSPS) is 23.2. The van der Waals surface area contributed by atoms with Crippen molar-refractivity contribution in [3.05, 3.63) is 29.8 Å². The van der Waals surface area contributed by atoms with Crippen LogP contribution in [0.3, 0.4) is 0 Å². The zero-order chi connectivity index (χ0) is 15.7. The molecule has 0 spiro atoms. The Labute approximate surface area is 120 Å². The largest absolute Gasteiger partial charge is 0.573 e. The molecule has 1 aromatic rings. The first-order valence-corrected chi connectivity index (χ1v) is 6.54. The SMILES string of the molecule is CC1(C(=O)O)CCCN1Cc1ccccc1OC(F)(F)F. The average molecular weight is 303 g/mol. The number of alkyl halides is 3. The Morgan fingerprint density at radius 2 is 2.10 bits per heavy atom. The van der Waals surface area contributed by atoms with E-state index in [-0.39, 0.29) is 12.3 Å². The number of benzene rings is 1. The maximum Gasteiger partial charge on any atom is 0.573 e. The van der Waals surface area contributed by atoms with E-state index in [1.165, 1.54) is 18.2 Å². The van der Waals surface area contributed by atoms with Crippen LogP contribution in [-0.2, 0) is 11.3 Å². The van der Waals surface area contributed by atoms with Gasteiger partial charge in [-0.2, -0.15) is 0 Å². The molecule has 1 unspecified atom stereocenters. The maximum atomic E-state index is 12.4. The van der Waals surface area contributed by atoms with Crippen LogP contribution >= 0.6 is 0 Å². The molecule has 2 rings (SSSR count). The number of nitrogens with zero attached hydrogens (tertiary/aromatic N) is 1. The first-order chi connectivity index (χ1) is 9.72. The van der Waals surface area contributed by atoms with E-state index in [1.807, 2.05) is 0 Å². The average Bonchev–Trinajstić information content (AvgIpc) is 2.73. The van der Waals surface area contributed by atoms with Crippen LogP contribution < -0.4 is 4.74 Å². The van der Waals surface area contributed by atoms with Crippen molar-refractivity contribution in [3.8, 4) is 5.75 Å². The number of para-hydroxylation sites is 1. The second kappa shape index (κ2) is 5.55. The van der Waals surface area contributed by atoms with Crippen molar-refractivity contribution in [2.24, 2.45) is 0 Å². The highest BCUT2D eigenvalue weighted by Crippen LogP contribution is 2.33. The summed E-state index contributed by atoms with van der Waals surface area (Å²) in [5.74, 6) is -1.25. The van der Waals surface area contributed by atoms with E-state index in [0.29, 0.717) is 24.9 Å². The van der Waals surface area contributed by atoms with Crippen LogP contribution in [0.1, 0.15) is 25.3 Å². The van der Waals surface area contributed by atoms with Crippen molar-refractivity contribution in [1.82, 2.24) is 4.90 Å². The van der Waals surface area contributed by atoms with Gasteiger partial charge >= 0.3 is 12.3 Å². The summed E-state index contributed by atoms with van der Waals surface area (Å²) in [5.41, 5.74) is -0.727. The Morgan fingerprint density at radius 3 is 2.71 bits per heavy atom. The lowest BCUT2D eigenvalue weighted by molar-refractivity contribution is -0.275. The van der Waals surface area contributed by atoms with E-state index in [4.69, 9.17) is 0 Å².